The lowest BCUT2D eigenvalue weighted by molar-refractivity contribution is -0.143. The van der Waals surface area contributed by atoms with Crippen molar-refractivity contribution in [2.75, 3.05) is 20.3 Å². The molecule has 0 amide bonds. The number of rotatable bonds is 4. The van der Waals surface area contributed by atoms with Crippen molar-refractivity contribution in [1.82, 2.24) is 0 Å². The maximum absolute atomic E-state index is 10.0. The van der Waals surface area contributed by atoms with Crippen LogP contribution in [0.1, 0.15) is 27.2 Å². The second-order valence-corrected chi connectivity index (χ2v) is 2.64. The van der Waals surface area contributed by atoms with Crippen molar-refractivity contribution in [2.24, 2.45) is 0 Å². The highest BCUT2D eigenvalue weighted by Gasteiger charge is 1.96. The zero-order valence-electron chi connectivity index (χ0n) is 8.87. The van der Waals surface area contributed by atoms with Crippen molar-refractivity contribution >= 4 is 5.97 Å². The molecular formula is C9H20O4. The van der Waals surface area contributed by atoms with E-state index in [9.17, 15) is 4.79 Å². The van der Waals surface area contributed by atoms with Crippen LogP contribution < -0.4 is 0 Å². The summed E-state index contributed by atoms with van der Waals surface area (Å²) in [5.41, 5.74) is 0. The van der Waals surface area contributed by atoms with E-state index >= 15 is 0 Å². The van der Waals surface area contributed by atoms with Gasteiger partial charge in [0.15, 0.2) is 0 Å². The molecule has 13 heavy (non-hydrogen) atoms. The normalized spacial score (nSPS) is 11.2. The molecule has 1 N–H and O–H groups in total. The van der Waals surface area contributed by atoms with E-state index in [1.54, 1.807) is 14.0 Å². The first-order valence-corrected chi connectivity index (χ1v) is 4.34. The lowest BCUT2D eigenvalue weighted by Gasteiger charge is -2.01. The monoisotopic (exact) mass is 192 g/mol. The largest absolute Gasteiger partial charge is 0.463 e. The highest BCUT2D eigenvalue weighted by Crippen LogP contribution is 1.81. The van der Waals surface area contributed by atoms with Gasteiger partial charge in [-0.2, -0.15) is 0 Å². The Morgan fingerprint density at radius 1 is 1.54 bits per heavy atom. The zero-order chi connectivity index (χ0) is 10.7. The van der Waals surface area contributed by atoms with Gasteiger partial charge in [0, 0.05) is 20.6 Å². The molecule has 0 saturated heterocycles. The Bertz CT molecular complexity index is 110. The molecular weight excluding hydrogens is 172 g/mol. The van der Waals surface area contributed by atoms with E-state index in [0.29, 0.717) is 0 Å². The third kappa shape index (κ3) is 24.6. The first kappa shape index (κ1) is 14.9. The topological polar surface area (TPSA) is 55.8 Å². The summed E-state index contributed by atoms with van der Waals surface area (Å²) in [7, 11) is 1.71. The highest BCUT2D eigenvalue weighted by molar-refractivity contribution is 5.65. The van der Waals surface area contributed by atoms with E-state index in [-0.39, 0.29) is 12.6 Å². The Morgan fingerprint density at radius 2 is 2.08 bits per heavy atom. The standard InChI is InChI=1S/C5H10O3.C4H10O/c1-4(6)3-8-5(2)7;1-3-4-5-2/h4,6H,3H2,1-2H3;3-4H2,1-2H3. The van der Waals surface area contributed by atoms with Crippen LogP contribution in [0, 0.1) is 0 Å². The van der Waals surface area contributed by atoms with Crippen LogP contribution in [0.4, 0.5) is 0 Å². The summed E-state index contributed by atoms with van der Waals surface area (Å²) in [5.74, 6) is -0.356. The number of carbonyl (C=O) groups is 1. The van der Waals surface area contributed by atoms with E-state index in [2.05, 4.69) is 11.7 Å². The number of aliphatic hydroxyl groups excluding tert-OH is 1. The molecule has 0 heterocycles. The number of hydrogen-bond donors (Lipinski definition) is 1. The summed E-state index contributed by atoms with van der Waals surface area (Å²) >= 11 is 0. The molecule has 4 nitrogen and oxygen atoms in total. The van der Waals surface area contributed by atoms with Crippen molar-refractivity contribution in [1.29, 1.82) is 0 Å². The SMILES string of the molecule is CC(=O)OCC(C)O.CCCOC. The fourth-order valence-corrected chi connectivity index (χ4v) is 0.442. The lowest BCUT2D eigenvalue weighted by Crippen LogP contribution is -2.12. The predicted molar refractivity (Wildman–Crippen MR) is 50.5 cm³/mol. The van der Waals surface area contributed by atoms with E-state index in [4.69, 9.17) is 9.84 Å². The van der Waals surface area contributed by atoms with Crippen LogP contribution in [0.15, 0.2) is 0 Å². The second-order valence-electron chi connectivity index (χ2n) is 2.64. The van der Waals surface area contributed by atoms with Crippen molar-refractivity contribution in [2.45, 2.75) is 33.3 Å². The molecule has 0 bridgehead atoms. The van der Waals surface area contributed by atoms with Crippen LogP contribution in [0.2, 0.25) is 0 Å². The molecule has 80 valence electrons. The molecule has 0 aliphatic heterocycles. The second kappa shape index (κ2) is 11.4. The number of esters is 1. The van der Waals surface area contributed by atoms with E-state index in [1.165, 1.54) is 6.92 Å². The number of aliphatic hydroxyl groups is 1. The Hall–Kier alpha value is -0.610. The van der Waals surface area contributed by atoms with Crippen LogP contribution in [-0.2, 0) is 14.3 Å². The van der Waals surface area contributed by atoms with E-state index in [1.807, 2.05) is 0 Å². The van der Waals surface area contributed by atoms with Crippen molar-refractivity contribution < 1.29 is 19.4 Å². The predicted octanol–water partition coefficient (Wildman–Crippen LogP) is 0.973. The zero-order valence-corrected chi connectivity index (χ0v) is 8.87. The van der Waals surface area contributed by atoms with E-state index < -0.39 is 6.10 Å². The molecule has 1 atom stereocenters. The Labute approximate surface area is 79.8 Å². The summed E-state index contributed by atoms with van der Waals surface area (Å²) in [4.78, 5) is 10.0. The molecule has 0 saturated carbocycles. The van der Waals surface area contributed by atoms with Gasteiger partial charge in [-0.15, -0.1) is 0 Å². The minimum atomic E-state index is -0.557. The molecule has 1 unspecified atom stereocenters. The molecule has 0 aliphatic rings. The van der Waals surface area contributed by atoms with Gasteiger partial charge in [-0.1, -0.05) is 6.92 Å². The van der Waals surface area contributed by atoms with Gasteiger partial charge >= 0.3 is 5.97 Å². The van der Waals surface area contributed by atoms with E-state index in [0.717, 1.165) is 13.0 Å². The van der Waals surface area contributed by atoms with Gasteiger partial charge in [-0.25, -0.2) is 0 Å². The highest BCUT2D eigenvalue weighted by atomic mass is 16.5. The van der Waals surface area contributed by atoms with Gasteiger partial charge in [0.2, 0.25) is 0 Å². The van der Waals surface area contributed by atoms with Crippen LogP contribution in [0.25, 0.3) is 0 Å². The molecule has 0 aromatic carbocycles. The molecule has 0 rings (SSSR count). The quantitative estimate of drug-likeness (QED) is 0.674. The van der Waals surface area contributed by atoms with Gasteiger partial charge in [-0.3, -0.25) is 4.79 Å². The minimum absolute atomic E-state index is 0.0926. The van der Waals surface area contributed by atoms with Crippen molar-refractivity contribution in [3.05, 3.63) is 0 Å². The van der Waals surface area contributed by atoms with Crippen LogP contribution >= 0.6 is 0 Å². The van der Waals surface area contributed by atoms with Gasteiger partial charge < -0.3 is 14.6 Å². The minimum Gasteiger partial charge on any atom is -0.463 e. The molecule has 0 fully saturated rings. The van der Waals surface area contributed by atoms with Crippen LogP contribution in [0.5, 0.6) is 0 Å². The molecule has 0 aliphatic carbocycles. The Kier molecular flexibility index (Phi) is 13.0. The third-order valence-electron chi connectivity index (χ3n) is 0.936. The Morgan fingerprint density at radius 3 is 2.15 bits per heavy atom. The molecule has 0 aromatic rings. The fourth-order valence-electron chi connectivity index (χ4n) is 0.442. The molecule has 4 heteroatoms. The summed E-state index contributed by atoms with van der Waals surface area (Å²) in [6.45, 7) is 5.93. The fraction of sp³-hybridized carbons (Fsp3) is 0.889. The number of ether oxygens (including phenoxy) is 2. The summed E-state index contributed by atoms with van der Waals surface area (Å²) in [6, 6.07) is 0. The average Bonchev–Trinajstić information content (AvgIpc) is 2.03. The number of methoxy groups -OCH3 is 1. The third-order valence-corrected chi connectivity index (χ3v) is 0.936. The molecule has 0 spiro atoms. The van der Waals surface area contributed by atoms with Crippen LogP contribution in [-0.4, -0.2) is 37.5 Å². The Balaban J connectivity index is 0. The van der Waals surface area contributed by atoms with Crippen LogP contribution in [0.3, 0.4) is 0 Å². The average molecular weight is 192 g/mol. The first-order valence-electron chi connectivity index (χ1n) is 4.34. The molecule has 0 aromatic heterocycles. The lowest BCUT2D eigenvalue weighted by atomic mass is 10.4. The van der Waals surface area contributed by atoms with Crippen molar-refractivity contribution in [3.8, 4) is 0 Å². The number of hydrogen-bond acceptors (Lipinski definition) is 4. The maximum atomic E-state index is 10.0. The van der Waals surface area contributed by atoms with Gasteiger partial charge in [-0.05, 0) is 13.3 Å². The summed E-state index contributed by atoms with van der Waals surface area (Å²) < 4.78 is 9.11. The smallest absolute Gasteiger partial charge is 0.302 e. The molecule has 0 radical (unpaired) electrons. The van der Waals surface area contributed by atoms with Gasteiger partial charge in [0.1, 0.15) is 6.61 Å². The maximum Gasteiger partial charge on any atom is 0.302 e. The van der Waals surface area contributed by atoms with Crippen molar-refractivity contribution in [3.63, 3.8) is 0 Å². The van der Waals surface area contributed by atoms with Gasteiger partial charge in [0.25, 0.3) is 0 Å². The number of carbonyl (C=O) groups excluding carboxylic acids is 1. The van der Waals surface area contributed by atoms with Gasteiger partial charge in [0.05, 0.1) is 6.10 Å². The first-order chi connectivity index (χ1) is 6.04. The summed E-state index contributed by atoms with van der Waals surface area (Å²) in [6.07, 6.45) is 0.565. The summed E-state index contributed by atoms with van der Waals surface area (Å²) in [5, 5.41) is 8.52.